The largest absolute Gasteiger partial charge is 0.377 e. The van der Waals surface area contributed by atoms with Crippen molar-refractivity contribution in [2.24, 2.45) is 5.73 Å². The number of thiophene rings is 1. The summed E-state index contributed by atoms with van der Waals surface area (Å²) in [4.78, 5) is 2.49. The third-order valence-electron chi connectivity index (χ3n) is 3.96. The zero-order valence-corrected chi connectivity index (χ0v) is 12.4. The quantitative estimate of drug-likeness (QED) is 0.912. The molecular formula is C14H24N2OS. The second kappa shape index (κ2) is 5.70. The molecule has 0 aliphatic carbocycles. The van der Waals surface area contributed by atoms with Crippen LogP contribution >= 0.6 is 11.3 Å². The molecule has 1 aromatic heterocycles. The molecule has 2 heterocycles. The Kier molecular flexibility index (Phi) is 4.43. The number of methoxy groups -OCH3 is 1. The minimum Gasteiger partial charge on any atom is -0.377 e. The standard InChI is InChI=1S/C14H24N2OS/c1-11(15)13(12-5-8-18-9-12)16-7-4-6-14(2,10-16)17-3/h5,8-9,11,13H,4,6-7,10,15H2,1-3H3. The van der Waals surface area contributed by atoms with Gasteiger partial charge in [-0.2, -0.15) is 11.3 Å². The topological polar surface area (TPSA) is 38.5 Å². The van der Waals surface area contributed by atoms with Crippen LogP contribution in [0.1, 0.15) is 38.3 Å². The van der Waals surface area contributed by atoms with Crippen LogP contribution in [0.25, 0.3) is 0 Å². The molecule has 4 heteroatoms. The Bertz CT molecular complexity index is 366. The van der Waals surface area contributed by atoms with Crippen LogP contribution in [0, 0.1) is 0 Å². The van der Waals surface area contributed by atoms with Crippen molar-refractivity contribution in [1.82, 2.24) is 4.90 Å². The van der Waals surface area contributed by atoms with Gasteiger partial charge in [0.05, 0.1) is 11.6 Å². The van der Waals surface area contributed by atoms with Gasteiger partial charge >= 0.3 is 0 Å². The molecule has 1 saturated heterocycles. The predicted octanol–water partition coefficient (Wildman–Crippen LogP) is 2.64. The maximum absolute atomic E-state index is 6.21. The van der Waals surface area contributed by atoms with Crippen molar-refractivity contribution in [3.63, 3.8) is 0 Å². The van der Waals surface area contributed by atoms with Crippen LogP contribution in [0.2, 0.25) is 0 Å². The fraction of sp³-hybridized carbons (Fsp3) is 0.714. The summed E-state index contributed by atoms with van der Waals surface area (Å²) in [5, 5.41) is 4.34. The first-order valence-corrected chi connectivity index (χ1v) is 7.57. The molecule has 0 saturated carbocycles. The predicted molar refractivity (Wildman–Crippen MR) is 76.9 cm³/mol. The molecule has 3 atom stereocenters. The molecule has 102 valence electrons. The molecule has 3 unspecified atom stereocenters. The maximum atomic E-state index is 6.21. The van der Waals surface area contributed by atoms with Crippen LogP contribution in [-0.2, 0) is 4.74 Å². The van der Waals surface area contributed by atoms with E-state index in [9.17, 15) is 0 Å². The molecule has 0 aromatic carbocycles. The van der Waals surface area contributed by atoms with Crippen molar-refractivity contribution in [3.05, 3.63) is 22.4 Å². The molecule has 0 radical (unpaired) electrons. The first kappa shape index (κ1) is 14.0. The van der Waals surface area contributed by atoms with E-state index in [2.05, 4.69) is 35.6 Å². The Hall–Kier alpha value is -0.420. The number of nitrogens with zero attached hydrogens (tertiary/aromatic N) is 1. The van der Waals surface area contributed by atoms with Crippen molar-refractivity contribution < 1.29 is 4.74 Å². The highest BCUT2D eigenvalue weighted by Gasteiger charge is 2.35. The van der Waals surface area contributed by atoms with E-state index in [1.165, 1.54) is 12.0 Å². The minimum atomic E-state index is -0.0264. The van der Waals surface area contributed by atoms with Gasteiger partial charge in [0.1, 0.15) is 0 Å². The summed E-state index contributed by atoms with van der Waals surface area (Å²) in [5.41, 5.74) is 7.53. The van der Waals surface area contributed by atoms with E-state index in [1.807, 2.05) is 7.11 Å². The van der Waals surface area contributed by atoms with Gasteiger partial charge in [-0.3, -0.25) is 4.90 Å². The van der Waals surface area contributed by atoms with Gasteiger partial charge in [-0.05, 0) is 55.6 Å². The summed E-state index contributed by atoms with van der Waals surface area (Å²) < 4.78 is 5.68. The molecule has 0 bridgehead atoms. The number of likely N-dealkylation sites (tertiary alicyclic amines) is 1. The monoisotopic (exact) mass is 268 g/mol. The van der Waals surface area contributed by atoms with Crippen LogP contribution in [-0.4, -0.2) is 36.7 Å². The molecule has 1 aromatic rings. The van der Waals surface area contributed by atoms with E-state index >= 15 is 0 Å². The third-order valence-corrected chi connectivity index (χ3v) is 4.66. The lowest BCUT2D eigenvalue weighted by Gasteiger charge is -2.44. The number of rotatable bonds is 4. The SMILES string of the molecule is COC1(C)CCCN(C(c2ccsc2)C(C)N)C1. The summed E-state index contributed by atoms with van der Waals surface area (Å²) in [6.45, 7) is 6.37. The fourth-order valence-electron chi connectivity index (χ4n) is 2.94. The van der Waals surface area contributed by atoms with E-state index in [1.54, 1.807) is 11.3 Å². The highest BCUT2D eigenvalue weighted by atomic mass is 32.1. The van der Waals surface area contributed by atoms with Crippen LogP contribution < -0.4 is 5.73 Å². The van der Waals surface area contributed by atoms with Gasteiger partial charge in [0.15, 0.2) is 0 Å². The second-order valence-corrected chi connectivity index (χ2v) is 6.37. The first-order valence-electron chi connectivity index (χ1n) is 6.62. The number of hydrogen-bond acceptors (Lipinski definition) is 4. The van der Waals surface area contributed by atoms with Gasteiger partial charge in [-0.25, -0.2) is 0 Å². The van der Waals surface area contributed by atoms with Gasteiger partial charge in [-0.1, -0.05) is 0 Å². The van der Waals surface area contributed by atoms with Crippen LogP contribution in [0.15, 0.2) is 16.8 Å². The third kappa shape index (κ3) is 2.94. The zero-order chi connectivity index (χ0) is 13.2. The van der Waals surface area contributed by atoms with Gasteiger partial charge in [0.25, 0.3) is 0 Å². The van der Waals surface area contributed by atoms with Gasteiger partial charge in [0, 0.05) is 19.7 Å². The average Bonchev–Trinajstić information content (AvgIpc) is 2.82. The molecule has 1 aliphatic heterocycles. The minimum absolute atomic E-state index is 0.0264. The zero-order valence-electron chi connectivity index (χ0n) is 11.6. The molecule has 2 rings (SSSR count). The molecule has 0 amide bonds. The Morgan fingerprint density at radius 1 is 1.56 bits per heavy atom. The molecule has 2 N–H and O–H groups in total. The number of ether oxygens (including phenoxy) is 1. The average molecular weight is 268 g/mol. The second-order valence-electron chi connectivity index (χ2n) is 5.59. The highest BCUT2D eigenvalue weighted by molar-refractivity contribution is 7.07. The number of nitrogens with two attached hydrogens (primary N) is 1. The van der Waals surface area contributed by atoms with Crippen molar-refractivity contribution in [2.75, 3.05) is 20.2 Å². The molecular weight excluding hydrogens is 244 g/mol. The van der Waals surface area contributed by atoms with Gasteiger partial charge < -0.3 is 10.5 Å². The molecule has 1 fully saturated rings. The Balaban J connectivity index is 2.17. The van der Waals surface area contributed by atoms with Crippen LogP contribution in [0.5, 0.6) is 0 Å². The van der Waals surface area contributed by atoms with Crippen molar-refractivity contribution in [2.45, 2.75) is 44.4 Å². The van der Waals surface area contributed by atoms with Gasteiger partial charge in [0.2, 0.25) is 0 Å². The summed E-state index contributed by atoms with van der Waals surface area (Å²) in [5.74, 6) is 0. The van der Waals surface area contributed by atoms with E-state index in [-0.39, 0.29) is 11.6 Å². The van der Waals surface area contributed by atoms with E-state index in [0.29, 0.717) is 6.04 Å². The fourth-order valence-corrected chi connectivity index (χ4v) is 3.63. The molecule has 18 heavy (non-hydrogen) atoms. The summed E-state index contributed by atoms with van der Waals surface area (Å²) >= 11 is 1.74. The molecule has 0 spiro atoms. The van der Waals surface area contributed by atoms with Crippen molar-refractivity contribution in [1.29, 1.82) is 0 Å². The lowest BCUT2D eigenvalue weighted by Crippen LogP contribution is -2.51. The normalized spacial score (nSPS) is 29.1. The highest BCUT2D eigenvalue weighted by Crippen LogP contribution is 2.32. The van der Waals surface area contributed by atoms with E-state index in [4.69, 9.17) is 10.5 Å². The van der Waals surface area contributed by atoms with Crippen molar-refractivity contribution >= 4 is 11.3 Å². The number of piperidine rings is 1. The van der Waals surface area contributed by atoms with Gasteiger partial charge in [-0.15, -0.1) is 0 Å². The first-order chi connectivity index (χ1) is 8.56. The number of hydrogen-bond donors (Lipinski definition) is 1. The summed E-state index contributed by atoms with van der Waals surface area (Å²) in [6, 6.07) is 2.64. The van der Waals surface area contributed by atoms with E-state index < -0.39 is 0 Å². The van der Waals surface area contributed by atoms with E-state index in [0.717, 1.165) is 19.5 Å². The van der Waals surface area contributed by atoms with Crippen LogP contribution in [0.3, 0.4) is 0 Å². The van der Waals surface area contributed by atoms with Crippen molar-refractivity contribution in [3.8, 4) is 0 Å². The molecule has 1 aliphatic rings. The Morgan fingerprint density at radius 3 is 2.89 bits per heavy atom. The maximum Gasteiger partial charge on any atom is 0.0777 e. The van der Waals surface area contributed by atoms with Crippen LogP contribution in [0.4, 0.5) is 0 Å². The summed E-state index contributed by atoms with van der Waals surface area (Å²) in [7, 11) is 1.81. The Labute approximate surface area is 114 Å². The lowest BCUT2D eigenvalue weighted by atomic mass is 9.91. The summed E-state index contributed by atoms with van der Waals surface area (Å²) in [6.07, 6.45) is 2.31. The smallest absolute Gasteiger partial charge is 0.0777 e. The molecule has 3 nitrogen and oxygen atoms in total. The lowest BCUT2D eigenvalue weighted by molar-refractivity contribution is -0.0636. The Morgan fingerprint density at radius 2 is 2.33 bits per heavy atom.